The second kappa shape index (κ2) is 7.43. The van der Waals surface area contributed by atoms with Crippen molar-refractivity contribution >= 4 is 23.3 Å². The Morgan fingerprint density at radius 1 is 1.53 bits per heavy atom. The highest BCUT2D eigenvalue weighted by Gasteiger charge is 2.18. The van der Waals surface area contributed by atoms with Crippen molar-refractivity contribution in [2.24, 2.45) is 0 Å². The predicted octanol–water partition coefficient (Wildman–Crippen LogP) is 1.76. The number of nitrogens with zero attached hydrogens (tertiary/aromatic N) is 2. The molecule has 2 N–H and O–H groups in total. The van der Waals surface area contributed by atoms with Gasteiger partial charge in [0, 0.05) is 12.7 Å². The zero-order valence-corrected chi connectivity index (χ0v) is 12.2. The van der Waals surface area contributed by atoms with E-state index < -0.39 is 0 Å². The second-order valence-corrected chi connectivity index (χ2v) is 5.08. The molecule has 19 heavy (non-hydrogen) atoms. The highest BCUT2D eigenvalue weighted by molar-refractivity contribution is 6.30. The molecule has 1 aromatic heterocycles. The van der Waals surface area contributed by atoms with Crippen LogP contribution < -0.4 is 5.32 Å². The molecule has 5 nitrogen and oxygen atoms in total. The summed E-state index contributed by atoms with van der Waals surface area (Å²) >= 11 is 5.72. The number of amides is 1. The van der Waals surface area contributed by atoms with Gasteiger partial charge >= 0.3 is 0 Å². The molecule has 0 radical (unpaired) electrons. The first-order valence-electron chi connectivity index (χ1n) is 6.21. The lowest BCUT2D eigenvalue weighted by Crippen LogP contribution is -2.40. The van der Waals surface area contributed by atoms with Gasteiger partial charge in [-0.05, 0) is 39.4 Å². The van der Waals surface area contributed by atoms with Crippen molar-refractivity contribution < 1.29 is 9.90 Å². The van der Waals surface area contributed by atoms with E-state index in [9.17, 15) is 9.90 Å². The third-order valence-electron chi connectivity index (χ3n) is 2.92. The fourth-order valence-electron chi connectivity index (χ4n) is 1.46. The Kier molecular flexibility index (Phi) is 6.21. The van der Waals surface area contributed by atoms with Crippen LogP contribution in [0.3, 0.4) is 0 Å². The van der Waals surface area contributed by atoms with E-state index in [4.69, 9.17) is 11.6 Å². The molecule has 0 bridgehead atoms. The monoisotopic (exact) mass is 285 g/mol. The molecule has 0 saturated carbocycles. The first kappa shape index (κ1) is 15.9. The normalized spacial score (nSPS) is 14.2. The highest BCUT2D eigenvalue weighted by atomic mass is 35.5. The van der Waals surface area contributed by atoms with E-state index in [1.807, 2.05) is 18.9 Å². The van der Waals surface area contributed by atoms with Crippen molar-refractivity contribution in [2.75, 3.05) is 18.9 Å². The Balaban J connectivity index is 2.50. The maximum atomic E-state index is 12.0. The number of aliphatic hydroxyl groups is 1. The number of carbonyl (C=O) groups excluding carboxylic acids is 1. The van der Waals surface area contributed by atoms with Crippen molar-refractivity contribution in [3.8, 4) is 0 Å². The molecule has 0 spiro atoms. The van der Waals surface area contributed by atoms with Crippen LogP contribution in [0.5, 0.6) is 0 Å². The fourth-order valence-corrected chi connectivity index (χ4v) is 1.58. The third-order valence-corrected chi connectivity index (χ3v) is 3.14. The number of hydrogen-bond acceptors (Lipinski definition) is 4. The molecule has 0 aliphatic heterocycles. The van der Waals surface area contributed by atoms with Crippen molar-refractivity contribution in [3.63, 3.8) is 0 Å². The van der Waals surface area contributed by atoms with Crippen LogP contribution in [0.15, 0.2) is 18.3 Å². The van der Waals surface area contributed by atoms with Gasteiger partial charge in [-0.25, -0.2) is 4.98 Å². The zero-order chi connectivity index (χ0) is 14.4. The van der Waals surface area contributed by atoms with Gasteiger partial charge in [-0.15, -0.1) is 0 Å². The summed E-state index contributed by atoms with van der Waals surface area (Å²) in [6.45, 7) is 4.20. The smallest absolute Gasteiger partial charge is 0.242 e. The van der Waals surface area contributed by atoms with E-state index in [0.717, 1.165) is 0 Å². The first-order chi connectivity index (χ1) is 8.90. The summed E-state index contributed by atoms with van der Waals surface area (Å²) in [6, 6.07) is 3.03. The number of halogens is 1. The molecule has 6 heteroatoms. The molecule has 1 amide bonds. The number of carbonyl (C=O) groups is 1. The summed E-state index contributed by atoms with van der Waals surface area (Å²) in [5, 5.41) is 12.5. The lowest BCUT2D eigenvalue weighted by molar-refractivity contribution is -0.120. The van der Waals surface area contributed by atoms with Gasteiger partial charge in [0.25, 0.3) is 0 Å². The van der Waals surface area contributed by atoms with Crippen molar-refractivity contribution in [1.82, 2.24) is 9.88 Å². The van der Waals surface area contributed by atoms with Crippen LogP contribution in [0.2, 0.25) is 5.02 Å². The zero-order valence-electron chi connectivity index (χ0n) is 11.4. The summed E-state index contributed by atoms with van der Waals surface area (Å²) in [6.07, 6.45) is 1.75. The molecule has 2 unspecified atom stereocenters. The summed E-state index contributed by atoms with van der Waals surface area (Å²) in [7, 11) is 1.85. The largest absolute Gasteiger partial charge is 0.393 e. The molecule has 1 aromatic rings. The first-order valence-corrected chi connectivity index (χ1v) is 6.58. The van der Waals surface area contributed by atoms with Crippen molar-refractivity contribution in [2.45, 2.75) is 32.4 Å². The summed E-state index contributed by atoms with van der Waals surface area (Å²) < 4.78 is 0. The minimum atomic E-state index is -0.365. The summed E-state index contributed by atoms with van der Waals surface area (Å²) in [5.74, 6) is 0.341. The number of pyridine rings is 1. The molecule has 1 rings (SSSR count). The van der Waals surface area contributed by atoms with E-state index in [1.165, 1.54) is 6.20 Å². The molecule has 106 valence electrons. The molecule has 0 saturated heterocycles. The Hall–Kier alpha value is -1.17. The molecular weight excluding hydrogens is 266 g/mol. The van der Waals surface area contributed by atoms with Gasteiger partial charge in [-0.3, -0.25) is 9.69 Å². The molecular formula is C13H20ClN3O2. The van der Waals surface area contributed by atoms with Crippen LogP contribution in [0.25, 0.3) is 0 Å². The predicted molar refractivity (Wildman–Crippen MR) is 76.3 cm³/mol. The summed E-state index contributed by atoms with van der Waals surface area (Å²) in [4.78, 5) is 17.9. The molecule has 0 aromatic carbocycles. The van der Waals surface area contributed by atoms with Gasteiger partial charge in [0.2, 0.25) is 5.91 Å². The number of hydrogen-bond donors (Lipinski definition) is 2. The fraction of sp³-hybridized carbons (Fsp3) is 0.538. The minimum Gasteiger partial charge on any atom is -0.393 e. The van der Waals surface area contributed by atoms with E-state index in [1.54, 1.807) is 19.1 Å². The number of aliphatic hydroxyl groups excluding tert-OH is 1. The van der Waals surface area contributed by atoms with Crippen LogP contribution in [-0.4, -0.2) is 46.6 Å². The van der Waals surface area contributed by atoms with Gasteiger partial charge in [0.15, 0.2) is 0 Å². The lowest BCUT2D eigenvalue weighted by atomic mass is 10.2. The number of rotatable bonds is 6. The van der Waals surface area contributed by atoms with Gasteiger partial charge in [0.1, 0.15) is 5.82 Å². The minimum absolute atomic E-state index is 0.136. The molecule has 0 aliphatic carbocycles. The Morgan fingerprint density at radius 2 is 2.21 bits per heavy atom. The van der Waals surface area contributed by atoms with Crippen molar-refractivity contribution in [3.05, 3.63) is 23.4 Å². The molecule has 2 atom stereocenters. The SMILES string of the molecule is CC(O)CCN(C)C(C)C(=O)Nc1ccc(Cl)cn1. The Bertz CT molecular complexity index is 409. The summed E-state index contributed by atoms with van der Waals surface area (Å²) in [5.41, 5.74) is 0. The number of nitrogens with one attached hydrogen (secondary N) is 1. The maximum Gasteiger partial charge on any atom is 0.242 e. The van der Waals surface area contributed by atoms with Gasteiger partial charge in [-0.2, -0.15) is 0 Å². The Labute approximate surface area is 118 Å². The highest BCUT2D eigenvalue weighted by Crippen LogP contribution is 2.10. The average molecular weight is 286 g/mol. The van der Waals surface area contributed by atoms with Crippen LogP contribution >= 0.6 is 11.6 Å². The van der Waals surface area contributed by atoms with Gasteiger partial charge in [0.05, 0.1) is 17.2 Å². The molecule has 0 fully saturated rings. The van der Waals surface area contributed by atoms with Crippen LogP contribution in [-0.2, 0) is 4.79 Å². The number of likely N-dealkylation sites (N-methyl/N-ethyl adjacent to an activating group) is 1. The van der Waals surface area contributed by atoms with E-state index >= 15 is 0 Å². The number of aromatic nitrogens is 1. The van der Waals surface area contributed by atoms with Gasteiger partial charge < -0.3 is 10.4 Å². The van der Waals surface area contributed by atoms with Crippen LogP contribution in [0.4, 0.5) is 5.82 Å². The lowest BCUT2D eigenvalue weighted by Gasteiger charge is -2.24. The quantitative estimate of drug-likeness (QED) is 0.836. The average Bonchev–Trinajstić information content (AvgIpc) is 2.37. The van der Waals surface area contributed by atoms with Crippen LogP contribution in [0, 0.1) is 0 Å². The van der Waals surface area contributed by atoms with E-state index in [2.05, 4.69) is 10.3 Å². The topological polar surface area (TPSA) is 65.5 Å². The molecule has 0 aliphatic rings. The van der Waals surface area contributed by atoms with E-state index in [-0.39, 0.29) is 18.1 Å². The molecule has 1 heterocycles. The number of anilines is 1. The maximum absolute atomic E-state index is 12.0. The standard InChI is InChI=1S/C13H20ClN3O2/c1-9(18)6-7-17(3)10(2)13(19)16-12-5-4-11(14)8-15-12/h4-5,8-10,18H,6-7H2,1-3H3,(H,15,16,19). The van der Waals surface area contributed by atoms with Crippen LogP contribution in [0.1, 0.15) is 20.3 Å². The Morgan fingerprint density at radius 3 is 2.74 bits per heavy atom. The van der Waals surface area contributed by atoms with E-state index in [0.29, 0.717) is 23.8 Å². The second-order valence-electron chi connectivity index (χ2n) is 4.65. The third kappa shape index (κ3) is 5.55. The van der Waals surface area contributed by atoms with Crippen molar-refractivity contribution in [1.29, 1.82) is 0 Å². The van der Waals surface area contributed by atoms with Gasteiger partial charge in [-0.1, -0.05) is 11.6 Å².